The number of hydrogen-bond donors (Lipinski definition) is 1. The van der Waals surface area contributed by atoms with Crippen LogP contribution in [-0.2, 0) is 11.3 Å². The number of aromatic amines is 1. The summed E-state index contributed by atoms with van der Waals surface area (Å²) >= 11 is 1.65. The molecule has 2 saturated heterocycles. The number of rotatable bonds is 4. The van der Waals surface area contributed by atoms with Crippen molar-refractivity contribution in [3.63, 3.8) is 0 Å². The van der Waals surface area contributed by atoms with Gasteiger partial charge in [-0.25, -0.2) is 0 Å². The van der Waals surface area contributed by atoms with Crippen molar-refractivity contribution >= 4 is 22.9 Å². The van der Waals surface area contributed by atoms with E-state index in [4.69, 9.17) is 0 Å². The van der Waals surface area contributed by atoms with Gasteiger partial charge in [0.25, 0.3) is 0 Å². The van der Waals surface area contributed by atoms with Gasteiger partial charge in [0.2, 0.25) is 5.91 Å². The van der Waals surface area contributed by atoms with Crippen LogP contribution in [0.2, 0.25) is 0 Å². The third kappa shape index (κ3) is 2.80. The first-order chi connectivity index (χ1) is 13.3. The molecule has 138 valence electrons. The summed E-state index contributed by atoms with van der Waals surface area (Å²) in [4.78, 5) is 18.1. The fourth-order valence-electron chi connectivity index (χ4n) is 4.77. The third-order valence-electron chi connectivity index (χ3n) is 6.05. The summed E-state index contributed by atoms with van der Waals surface area (Å²) in [6.07, 6.45) is 4.72. The normalized spacial score (nSPS) is 25.7. The van der Waals surface area contributed by atoms with Crippen LogP contribution in [0, 0.1) is 5.41 Å². The number of carbonyl (C=O) groups excluding carboxylic acids is 1. The van der Waals surface area contributed by atoms with Gasteiger partial charge < -0.3 is 4.90 Å². The standard InChI is InChI=1S/C21H22N4OS/c26-20-21(7-8-25(20)18-6-9-27-14-18)15-24(12-16-10-22-23-11-16)13-19(21)17-4-2-1-3-5-17/h1-6,9-11,14,19H,7-8,12-13,15H2,(H,22,23)/t19-,21+/m0/s1. The number of hydrogen-bond acceptors (Lipinski definition) is 4. The lowest BCUT2D eigenvalue weighted by Gasteiger charge is -2.29. The Hall–Kier alpha value is -2.44. The molecular formula is C21H22N4OS. The molecule has 1 aromatic carbocycles. The van der Waals surface area contributed by atoms with E-state index in [1.807, 2.05) is 28.7 Å². The summed E-state index contributed by atoms with van der Waals surface area (Å²) in [7, 11) is 0. The van der Waals surface area contributed by atoms with Gasteiger partial charge in [-0.05, 0) is 23.4 Å². The topological polar surface area (TPSA) is 52.2 Å². The number of thiophene rings is 1. The van der Waals surface area contributed by atoms with Gasteiger partial charge in [0.15, 0.2) is 0 Å². The Morgan fingerprint density at radius 1 is 1.26 bits per heavy atom. The van der Waals surface area contributed by atoms with Gasteiger partial charge in [-0.3, -0.25) is 14.8 Å². The molecule has 3 aromatic rings. The van der Waals surface area contributed by atoms with Gasteiger partial charge >= 0.3 is 0 Å². The van der Waals surface area contributed by atoms with E-state index < -0.39 is 0 Å². The van der Waals surface area contributed by atoms with Crippen LogP contribution in [0.1, 0.15) is 23.5 Å². The molecule has 0 radical (unpaired) electrons. The monoisotopic (exact) mass is 378 g/mol. The molecule has 2 aromatic heterocycles. The zero-order valence-electron chi connectivity index (χ0n) is 15.0. The minimum atomic E-state index is -0.340. The second-order valence-corrected chi connectivity index (χ2v) is 8.36. The second kappa shape index (κ2) is 6.62. The molecular weight excluding hydrogens is 356 g/mol. The minimum absolute atomic E-state index is 0.224. The first kappa shape index (κ1) is 16.7. The Labute approximate surface area is 162 Å². The molecule has 4 heterocycles. The third-order valence-corrected chi connectivity index (χ3v) is 6.72. The maximum absolute atomic E-state index is 13.6. The summed E-state index contributed by atoms with van der Waals surface area (Å²) in [6.45, 7) is 3.33. The molecule has 5 rings (SSSR count). The van der Waals surface area contributed by atoms with Crippen LogP contribution in [0.4, 0.5) is 5.69 Å². The molecule has 0 aliphatic carbocycles. The lowest BCUT2D eigenvalue weighted by Crippen LogP contribution is -2.39. The first-order valence-electron chi connectivity index (χ1n) is 9.35. The van der Waals surface area contributed by atoms with E-state index in [-0.39, 0.29) is 17.2 Å². The van der Waals surface area contributed by atoms with E-state index >= 15 is 0 Å². The highest BCUT2D eigenvalue weighted by Gasteiger charge is 2.57. The number of aromatic nitrogens is 2. The van der Waals surface area contributed by atoms with Crippen LogP contribution in [0.3, 0.4) is 0 Å². The Morgan fingerprint density at radius 3 is 2.89 bits per heavy atom. The Morgan fingerprint density at radius 2 is 2.15 bits per heavy atom. The highest BCUT2D eigenvalue weighted by atomic mass is 32.1. The highest BCUT2D eigenvalue weighted by Crippen LogP contribution is 2.51. The molecule has 1 spiro atoms. The summed E-state index contributed by atoms with van der Waals surface area (Å²) in [5, 5.41) is 11.1. The van der Waals surface area contributed by atoms with E-state index in [1.54, 1.807) is 11.3 Å². The zero-order chi connectivity index (χ0) is 18.3. The summed E-state index contributed by atoms with van der Waals surface area (Å²) in [5.74, 6) is 0.506. The van der Waals surface area contributed by atoms with Crippen LogP contribution in [0.5, 0.6) is 0 Å². The fourth-order valence-corrected chi connectivity index (χ4v) is 5.42. The predicted molar refractivity (Wildman–Crippen MR) is 107 cm³/mol. The van der Waals surface area contributed by atoms with E-state index in [0.29, 0.717) is 0 Å². The number of amides is 1. The van der Waals surface area contributed by atoms with E-state index in [0.717, 1.165) is 38.3 Å². The molecule has 0 saturated carbocycles. The summed E-state index contributed by atoms with van der Waals surface area (Å²) in [6, 6.07) is 12.6. The second-order valence-electron chi connectivity index (χ2n) is 7.58. The van der Waals surface area contributed by atoms with Gasteiger partial charge in [-0.1, -0.05) is 30.3 Å². The zero-order valence-corrected chi connectivity index (χ0v) is 15.9. The molecule has 1 amide bonds. The van der Waals surface area contributed by atoms with E-state index in [9.17, 15) is 4.79 Å². The van der Waals surface area contributed by atoms with Crippen molar-refractivity contribution in [1.29, 1.82) is 0 Å². The average Bonchev–Trinajstić information content (AvgIpc) is 3.47. The van der Waals surface area contributed by atoms with E-state index in [2.05, 4.69) is 50.8 Å². The van der Waals surface area contributed by atoms with Crippen molar-refractivity contribution in [2.45, 2.75) is 18.9 Å². The van der Waals surface area contributed by atoms with Crippen LogP contribution < -0.4 is 4.90 Å². The number of anilines is 1. The number of H-pyrrole nitrogens is 1. The van der Waals surface area contributed by atoms with Crippen molar-refractivity contribution in [3.05, 3.63) is 70.7 Å². The molecule has 2 atom stereocenters. The van der Waals surface area contributed by atoms with Crippen molar-refractivity contribution in [2.75, 3.05) is 24.5 Å². The Kier molecular flexibility index (Phi) is 4.10. The molecule has 2 fully saturated rings. The lowest BCUT2D eigenvalue weighted by molar-refractivity contribution is -0.125. The lowest BCUT2D eigenvalue weighted by atomic mass is 9.73. The highest BCUT2D eigenvalue weighted by molar-refractivity contribution is 7.08. The van der Waals surface area contributed by atoms with Crippen LogP contribution in [-0.4, -0.2) is 40.6 Å². The van der Waals surface area contributed by atoms with Gasteiger partial charge in [0.1, 0.15) is 0 Å². The van der Waals surface area contributed by atoms with Gasteiger partial charge in [-0.2, -0.15) is 16.4 Å². The van der Waals surface area contributed by atoms with Crippen LogP contribution in [0.25, 0.3) is 0 Å². The molecule has 27 heavy (non-hydrogen) atoms. The fraction of sp³-hybridized carbons (Fsp3) is 0.333. The van der Waals surface area contributed by atoms with Gasteiger partial charge in [0.05, 0.1) is 17.3 Å². The number of likely N-dealkylation sites (tertiary alicyclic amines) is 1. The molecule has 0 unspecified atom stereocenters. The number of nitrogens with zero attached hydrogens (tertiary/aromatic N) is 3. The smallest absolute Gasteiger partial charge is 0.235 e. The molecule has 5 nitrogen and oxygen atoms in total. The first-order valence-corrected chi connectivity index (χ1v) is 10.3. The SMILES string of the molecule is O=C1N(c2ccsc2)CC[C@]12CN(Cc1cn[nH]c1)C[C@H]2c1ccccc1. The summed E-state index contributed by atoms with van der Waals surface area (Å²) < 4.78 is 0. The van der Waals surface area contributed by atoms with Crippen molar-refractivity contribution in [2.24, 2.45) is 5.41 Å². The van der Waals surface area contributed by atoms with Crippen LogP contribution >= 0.6 is 11.3 Å². The Bertz CT molecular complexity index is 909. The van der Waals surface area contributed by atoms with E-state index in [1.165, 1.54) is 11.1 Å². The molecule has 2 aliphatic heterocycles. The molecule has 6 heteroatoms. The van der Waals surface area contributed by atoms with Crippen molar-refractivity contribution in [3.8, 4) is 0 Å². The summed E-state index contributed by atoms with van der Waals surface area (Å²) in [5.41, 5.74) is 3.14. The maximum atomic E-state index is 13.6. The molecule has 0 bridgehead atoms. The number of carbonyl (C=O) groups is 1. The van der Waals surface area contributed by atoms with Gasteiger partial charge in [-0.15, -0.1) is 0 Å². The van der Waals surface area contributed by atoms with Crippen molar-refractivity contribution in [1.82, 2.24) is 15.1 Å². The maximum Gasteiger partial charge on any atom is 0.235 e. The molecule has 2 aliphatic rings. The van der Waals surface area contributed by atoms with Crippen LogP contribution in [0.15, 0.2) is 59.6 Å². The number of nitrogens with one attached hydrogen (secondary N) is 1. The minimum Gasteiger partial charge on any atom is -0.311 e. The van der Waals surface area contributed by atoms with Gasteiger partial charge in [0, 0.05) is 49.2 Å². The quantitative estimate of drug-likeness (QED) is 0.756. The largest absolute Gasteiger partial charge is 0.311 e. The average molecular weight is 379 g/mol. The predicted octanol–water partition coefficient (Wildman–Crippen LogP) is 3.49. The number of benzene rings is 1. The molecule has 1 N–H and O–H groups in total. The Balaban J connectivity index is 1.49. The van der Waals surface area contributed by atoms with Crippen molar-refractivity contribution < 1.29 is 4.79 Å².